The maximum atomic E-state index is 6.67. The van der Waals surface area contributed by atoms with Gasteiger partial charge in [0.05, 0.1) is 0 Å². The van der Waals surface area contributed by atoms with E-state index in [0.29, 0.717) is 0 Å². The lowest BCUT2D eigenvalue weighted by molar-refractivity contribution is 0.668. The first kappa shape index (κ1) is 27.3. The van der Waals surface area contributed by atoms with Gasteiger partial charge >= 0.3 is 0 Å². The van der Waals surface area contributed by atoms with Gasteiger partial charge < -0.3 is 8.83 Å². The molecule has 0 saturated heterocycles. The summed E-state index contributed by atoms with van der Waals surface area (Å²) in [5.41, 5.74) is 10.8. The van der Waals surface area contributed by atoms with Gasteiger partial charge in [-0.15, -0.1) is 0 Å². The van der Waals surface area contributed by atoms with Gasteiger partial charge in [-0.05, 0) is 90.6 Å². The van der Waals surface area contributed by atoms with Crippen LogP contribution in [0.4, 0.5) is 0 Å². The molecule has 50 heavy (non-hydrogen) atoms. The van der Waals surface area contributed by atoms with Crippen LogP contribution in [0.5, 0.6) is 0 Å². The van der Waals surface area contributed by atoms with Crippen molar-refractivity contribution in [1.29, 1.82) is 0 Å². The lowest BCUT2D eigenvalue weighted by Gasteiger charge is -2.18. The van der Waals surface area contributed by atoms with Crippen molar-refractivity contribution in [2.45, 2.75) is 0 Å². The first-order valence-electron chi connectivity index (χ1n) is 17.1. The summed E-state index contributed by atoms with van der Waals surface area (Å²) < 4.78 is 13.2. The Labute approximate surface area is 287 Å². The van der Waals surface area contributed by atoms with Crippen molar-refractivity contribution in [3.8, 4) is 33.4 Å². The molecule has 0 N–H and O–H groups in total. The highest BCUT2D eigenvalue weighted by molar-refractivity contribution is 6.28. The molecule has 0 aliphatic heterocycles. The predicted molar refractivity (Wildman–Crippen MR) is 210 cm³/mol. The molecule has 2 heterocycles. The number of furan rings is 2. The minimum absolute atomic E-state index is 0.863. The van der Waals surface area contributed by atoms with Crippen LogP contribution in [0.3, 0.4) is 0 Å². The van der Waals surface area contributed by atoms with Gasteiger partial charge in [0.1, 0.15) is 22.3 Å². The topological polar surface area (TPSA) is 26.3 Å². The van der Waals surface area contributed by atoms with Gasteiger partial charge in [0.15, 0.2) is 0 Å². The molecule has 0 amide bonds. The second kappa shape index (κ2) is 10.4. The zero-order chi connectivity index (χ0) is 32.8. The van der Waals surface area contributed by atoms with Crippen molar-refractivity contribution in [1.82, 2.24) is 0 Å². The van der Waals surface area contributed by atoms with E-state index < -0.39 is 0 Å². The van der Waals surface area contributed by atoms with Gasteiger partial charge in [-0.1, -0.05) is 140 Å². The molecule has 9 aromatic carbocycles. The Morgan fingerprint density at radius 1 is 0.280 bits per heavy atom. The molecular weight excluding hydrogens is 609 g/mol. The standard InChI is InChI=1S/C48H28O2/c1-2-10-29(11-3-1)30-18-20-31(21-19-30)44-35-13-4-6-15-37(35)45(38-16-7-5-14-36(38)44)33-23-26-40-43(28-33)49-42-27-24-32-22-25-39-34-12-8-9-17-41(34)50-48(39)46(32)47(40)42/h1-28H. The fourth-order valence-corrected chi connectivity index (χ4v) is 8.22. The van der Waals surface area contributed by atoms with Crippen LogP contribution in [0.25, 0.3) is 110 Å². The number of rotatable bonds is 3. The summed E-state index contributed by atoms with van der Waals surface area (Å²) >= 11 is 0. The summed E-state index contributed by atoms with van der Waals surface area (Å²) in [4.78, 5) is 0. The van der Waals surface area contributed by atoms with E-state index in [0.717, 1.165) is 60.2 Å². The number of hydrogen-bond acceptors (Lipinski definition) is 2. The molecule has 11 rings (SSSR count). The predicted octanol–water partition coefficient (Wildman–Crippen LogP) is 13.9. The van der Waals surface area contributed by atoms with Crippen molar-refractivity contribution in [2.75, 3.05) is 0 Å². The maximum absolute atomic E-state index is 6.67. The third kappa shape index (κ3) is 3.90. The second-order valence-corrected chi connectivity index (χ2v) is 13.2. The molecule has 11 aromatic rings. The highest BCUT2D eigenvalue weighted by Crippen LogP contribution is 2.46. The van der Waals surface area contributed by atoms with Crippen molar-refractivity contribution in [3.63, 3.8) is 0 Å². The monoisotopic (exact) mass is 636 g/mol. The molecular formula is C48H28O2. The molecule has 0 atom stereocenters. The Morgan fingerprint density at radius 2 is 0.820 bits per heavy atom. The van der Waals surface area contributed by atoms with Crippen molar-refractivity contribution >= 4 is 76.2 Å². The highest BCUT2D eigenvalue weighted by atomic mass is 16.3. The van der Waals surface area contributed by atoms with Crippen LogP contribution in [0, 0.1) is 0 Å². The maximum Gasteiger partial charge on any atom is 0.144 e. The van der Waals surface area contributed by atoms with Crippen LogP contribution in [0.15, 0.2) is 179 Å². The Hall–Kier alpha value is -6.64. The van der Waals surface area contributed by atoms with Crippen LogP contribution in [-0.2, 0) is 0 Å². The number of hydrogen-bond donors (Lipinski definition) is 0. The fraction of sp³-hybridized carbons (Fsp3) is 0. The molecule has 2 nitrogen and oxygen atoms in total. The quantitative estimate of drug-likeness (QED) is 0.180. The second-order valence-electron chi connectivity index (χ2n) is 13.2. The van der Waals surface area contributed by atoms with Gasteiger partial charge in [0, 0.05) is 26.9 Å². The highest BCUT2D eigenvalue weighted by Gasteiger charge is 2.20. The molecule has 2 aromatic heterocycles. The van der Waals surface area contributed by atoms with E-state index in [1.165, 1.54) is 49.4 Å². The number of para-hydroxylation sites is 1. The van der Waals surface area contributed by atoms with Crippen molar-refractivity contribution in [2.24, 2.45) is 0 Å². The van der Waals surface area contributed by atoms with E-state index in [1.807, 2.05) is 12.1 Å². The zero-order valence-corrected chi connectivity index (χ0v) is 27.0. The van der Waals surface area contributed by atoms with Gasteiger partial charge in [-0.25, -0.2) is 0 Å². The number of fused-ring (bicyclic) bond motifs is 11. The largest absolute Gasteiger partial charge is 0.456 e. The van der Waals surface area contributed by atoms with Crippen LogP contribution in [-0.4, -0.2) is 0 Å². The molecule has 0 unspecified atom stereocenters. The average Bonchev–Trinajstić information content (AvgIpc) is 3.75. The van der Waals surface area contributed by atoms with Crippen LogP contribution >= 0.6 is 0 Å². The van der Waals surface area contributed by atoms with E-state index in [1.54, 1.807) is 0 Å². The van der Waals surface area contributed by atoms with Crippen LogP contribution in [0.1, 0.15) is 0 Å². The Morgan fingerprint density at radius 3 is 1.54 bits per heavy atom. The molecule has 0 spiro atoms. The molecule has 0 bridgehead atoms. The van der Waals surface area contributed by atoms with Gasteiger partial charge in [-0.2, -0.15) is 0 Å². The summed E-state index contributed by atoms with van der Waals surface area (Å²) in [6, 6.07) is 60.8. The SMILES string of the molecule is c1ccc(-c2ccc(-c3c4ccccc4c(-c4ccc5c(c4)oc4ccc6ccc7c8ccccc8oc7c6c45)c4ccccc34)cc2)cc1. The summed E-state index contributed by atoms with van der Waals surface area (Å²) in [6.07, 6.45) is 0. The molecule has 0 radical (unpaired) electrons. The van der Waals surface area contributed by atoms with Gasteiger partial charge in [0.25, 0.3) is 0 Å². The normalized spacial score (nSPS) is 12.0. The van der Waals surface area contributed by atoms with E-state index in [-0.39, 0.29) is 0 Å². The van der Waals surface area contributed by atoms with Crippen LogP contribution < -0.4 is 0 Å². The fourth-order valence-electron chi connectivity index (χ4n) is 8.22. The molecule has 2 heteroatoms. The van der Waals surface area contributed by atoms with Crippen molar-refractivity contribution < 1.29 is 8.83 Å². The average molecular weight is 637 g/mol. The third-order valence-corrected chi connectivity index (χ3v) is 10.5. The van der Waals surface area contributed by atoms with Crippen molar-refractivity contribution in [3.05, 3.63) is 170 Å². The van der Waals surface area contributed by atoms with Gasteiger partial charge in [0.2, 0.25) is 0 Å². The molecule has 232 valence electrons. The van der Waals surface area contributed by atoms with E-state index in [9.17, 15) is 0 Å². The number of benzene rings is 9. The minimum Gasteiger partial charge on any atom is -0.456 e. The molecule has 0 aliphatic carbocycles. The summed E-state index contributed by atoms with van der Waals surface area (Å²) in [7, 11) is 0. The Kier molecular flexibility index (Phi) is 5.70. The van der Waals surface area contributed by atoms with E-state index in [2.05, 4.69) is 158 Å². The lowest BCUT2D eigenvalue weighted by Crippen LogP contribution is -1.91. The minimum atomic E-state index is 0.863. The smallest absolute Gasteiger partial charge is 0.144 e. The molecule has 0 fully saturated rings. The first-order valence-corrected chi connectivity index (χ1v) is 17.1. The van der Waals surface area contributed by atoms with Gasteiger partial charge in [-0.3, -0.25) is 0 Å². The van der Waals surface area contributed by atoms with Crippen LogP contribution in [0.2, 0.25) is 0 Å². The third-order valence-electron chi connectivity index (χ3n) is 10.5. The van der Waals surface area contributed by atoms with E-state index >= 15 is 0 Å². The molecule has 0 aliphatic rings. The molecule has 0 saturated carbocycles. The lowest BCUT2D eigenvalue weighted by atomic mass is 9.85. The Balaban J connectivity index is 1.14. The summed E-state index contributed by atoms with van der Waals surface area (Å²) in [5.74, 6) is 0. The summed E-state index contributed by atoms with van der Waals surface area (Å²) in [5, 5.41) is 11.6. The Bertz CT molecular complexity index is 3070. The zero-order valence-electron chi connectivity index (χ0n) is 27.0. The van der Waals surface area contributed by atoms with E-state index in [4.69, 9.17) is 8.83 Å². The summed E-state index contributed by atoms with van der Waals surface area (Å²) in [6.45, 7) is 0. The first-order chi connectivity index (χ1) is 24.8.